The molecule has 4 rings (SSSR count). The van der Waals surface area contributed by atoms with Crippen LogP contribution in [-0.4, -0.2) is 36.1 Å². The lowest BCUT2D eigenvalue weighted by atomic mass is 10.2. The molecule has 2 aromatic carbocycles. The summed E-state index contributed by atoms with van der Waals surface area (Å²) in [4.78, 5) is 18.7. The van der Waals surface area contributed by atoms with Gasteiger partial charge in [-0.2, -0.15) is 0 Å². The number of hydrogen-bond acceptors (Lipinski definition) is 5. The molecule has 0 bridgehead atoms. The molecule has 28 heavy (non-hydrogen) atoms. The van der Waals surface area contributed by atoms with Crippen LogP contribution in [-0.2, 0) is 6.54 Å². The summed E-state index contributed by atoms with van der Waals surface area (Å²) in [6, 6.07) is 17.3. The number of aromatic nitrogens is 1. The number of amides is 1. The van der Waals surface area contributed by atoms with Crippen molar-refractivity contribution in [2.45, 2.75) is 6.54 Å². The van der Waals surface area contributed by atoms with E-state index in [1.54, 1.807) is 30.4 Å². The van der Waals surface area contributed by atoms with Gasteiger partial charge in [-0.25, -0.2) is 0 Å². The molecule has 3 aromatic rings. The first kappa shape index (κ1) is 17.9. The van der Waals surface area contributed by atoms with Crippen molar-refractivity contribution in [3.05, 3.63) is 78.1 Å². The van der Waals surface area contributed by atoms with Crippen molar-refractivity contribution in [1.82, 2.24) is 9.88 Å². The van der Waals surface area contributed by atoms with Crippen molar-refractivity contribution in [3.8, 4) is 11.5 Å². The van der Waals surface area contributed by atoms with Crippen molar-refractivity contribution >= 4 is 17.3 Å². The van der Waals surface area contributed by atoms with Crippen molar-refractivity contribution < 1.29 is 14.3 Å². The monoisotopic (exact) mass is 375 g/mol. The van der Waals surface area contributed by atoms with Crippen molar-refractivity contribution in [1.29, 1.82) is 0 Å². The highest BCUT2D eigenvalue weighted by molar-refractivity contribution is 5.94. The molecular formula is C22H21N3O3. The van der Waals surface area contributed by atoms with Gasteiger partial charge in [0.05, 0.1) is 17.4 Å². The topological polar surface area (TPSA) is 63.7 Å². The Balaban J connectivity index is 1.47. The highest BCUT2D eigenvalue weighted by Crippen LogP contribution is 2.33. The predicted molar refractivity (Wildman–Crippen MR) is 107 cm³/mol. The normalized spacial score (nSPS) is 12.3. The molecule has 1 amide bonds. The first-order valence-electron chi connectivity index (χ1n) is 9.10. The van der Waals surface area contributed by atoms with Gasteiger partial charge in [0.1, 0.15) is 13.2 Å². The van der Waals surface area contributed by atoms with Gasteiger partial charge in [-0.1, -0.05) is 30.3 Å². The molecule has 1 aliphatic heterocycles. The molecule has 0 unspecified atom stereocenters. The Morgan fingerprint density at radius 1 is 1.00 bits per heavy atom. The van der Waals surface area contributed by atoms with E-state index in [0.29, 0.717) is 31.1 Å². The maximum absolute atomic E-state index is 12.8. The number of anilines is 2. The average Bonchev–Trinajstić information content (AvgIpc) is 2.74. The highest BCUT2D eigenvalue weighted by Gasteiger charge is 2.14. The van der Waals surface area contributed by atoms with E-state index in [1.807, 2.05) is 48.5 Å². The van der Waals surface area contributed by atoms with Gasteiger partial charge in [0.25, 0.3) is 5.91 Å². The van der Waals surface area contributed by atoms with E-state index >= 15 is 0 Å². The molecule has 142 valence electrons. The maximum Gasteiger partial charge on any atom is 0.255 e. The number of pyridine rings is 1. The van der Waals surface area contributed by atoms with Crippen LogP contribution in [0.3, 0.4) is 0 Å². The van der Waals surface area contributed by atoms with Crippen LogP contribution in [0.2, 0.25) is 0 Å². The van der Waals surface area contributed by atoms with E-state index in [0.717, 1.165) is 22.7 Å². The number of rotatable bonds is 5. The Hall–Kier alpha value is -3.54. The van der Waals surface area contributed by atoms with Crippen LogP contribution in [0.15, 0.2) is 67.0 Å². The Bertz CT molecular complexity index is 976. The molecule has 1 N–H and O–H groups in total. The zero-order valence-corrected chi connectivity index (χ0v) is 15.6. The quantitative estimate of drug-likeness (QED) is 0.733. The average molecular weight is 375 g/mol. The fourth-order valence-corrected chi connectivity index (χ4v) is 3.06. The Kier molecular flexibility index (Phi) is 5.10. The molecule has 1 aromatic heterocycles. The lowest BCUT2D eigenvalue weighted by molar-refractivity contribution is 0.0784. The number of benzene rings is 2. The number of ether oxygens (including phenoxy) is 2. The van der Waals surface area contributed by atoms with Crippen molar-refractivity contribution in [2.75, 3.05) is 25.6 Å². The molecule has 6 nitrogen and oxygen atoms in total. The number of carbonyl (C=O) groups is 1. The molecular weight excluding hydrogens is 354 g/mol. The summed E-state index contributed by atoms with van der Waals surface area (Å²) in [5.41, 5.74) is 3.18. The van der Waals surface area contributed by atoms with Crippen molar-refractivity contribution in [3.63, 3.8) is 0 Å². The van der Waals surface area contributed by atoms with E-state index in [4.69, 9.17) is 9.47 Å². The fraction of sp³-hybridized carbons (Fsp3) is 0.182. The minimum absolute atomic E-state index is 0.0813. The van der Waals surface area contributed by atoms with Gasteiger partial charge in [0.15, 0.2) is 11.5 Å². The summed E-state index contributed by atoms with van der Waals surface area (Å²) >= 11 is 0. The maximum atomic E-state index is 12.8. The van der Waals surface area contributed by atoms with Gasteiger partial charge in [0.2, 0.25) is 0 Å². The Morgan fingerprint density at radius 2 is 1.79 bits per heavy atom. The molecule has 1 aliphatic rings. The van der Waals surface area contributed by atoms with Gasteiger partial charge in [0, 0.05) is 31.5 Å². The van der Waals surface area contributed by atoms with Crippen LogP contribution < -0.4 is 14.8 Å². The second-order valence-electron chi connectivity index (χ2n) is 6.59. The zero-order valence-electron chi connectivity index (χ0n) is 15.6. The van der Waals surface area contributed by atoms with Crippen LogP contribution in [0.5, 0.6) is 11.5 Å². The zero-order chi connectivity index (χ0) is 19.3. The fourth-order valence-electron chi connectivity index (χ4n) is 3.06. The third-order valence-corrected chi connectivity index (χ3v) is 4.43. The Morgan fingerprint density at radius 3 is 2.61 bits per heavy atom. The van der Waals surface area contributed by atoms with Gasteiger partial charge in [-0.3, -0.25) is 9.78 Å². The highest BCUT2D eigenvalue weighted by atomic mass is 16.6. The summed E-state index contributed by atoms with van der Waals surface area (Å²) in [5, 5.41) is 3.27. The van der Waals surface area contributed by atoms with Crippen molar-refractivity contribution in [2.24, 2.45) is 0 Å². The third-order valence-electron chi connectivity index (χ3n) is 4.43. The van der Waals surface area contributed by atoms with Gasteiger partial charge in [-0.05, 0) is 23.8 Å². The molecule has 6 heteroatoms. The first-order chi connectivity index (χ1) is 13.7. The molecule has 0 fully saturated rings. The minimum Gasteiger partial charge on any atom is -0.486 e. The molecule has 0 spiro atoms. The molecule has 0 radical (unpaired) electrons. The van der Waals surface area contributed by atoms with E-state index in [1.165, 1.54) is 0 Å². The summed E-state index contributed by atoms with van der Waals surface area (Å²) in [6.07, 6.45) is 3.27. The lowest BCUT2D eigenvalue weighted by Crippen LogP contribution is -2.26. The van der Waals surface area contributed by atoms with E-state index in [-0.39, 0.29) is 5.91 Å². The van der Waals surface area contributed by atoms with Gasteiger partial charge >= 0.3 is 0 Å². The third kappa shape index (κ3) is 4.06. The second-order valence-corrected chi connectivity index (χ2v) is 6.59. The van der Waals surface area contributed by atoms with E-state index < -0.39 is 0 Å². The summed E-state index contributed by atoms with van der Waals surface area (Å²) < 4.78 is 11.1. The SMILES string of the molecule is CN(Cc1ccccc1)C(=O)c1cncc(Nc2ccc3c(c2)OCCO3)c1. The van der Waals surface area contributed by atoms with Gasteiger partial charge in [-0.15, -0.1) is 0 Å². The molecule has 0 aliphatic carbocycles. The smallest absolute Gasteiger partial charge is 0.255 e. The number of hydrogen-bond donors (Lipinski definition) is 1. The van der Waals surface area contributed by atoms with E-state index in [9.17, 15) is 4.79 Å². The largest absolute Gasteiger partial charge is 0.486 e. The summed E-state index contributed by atoms with van der Waals surface area (Å²) in [6.45, 7) is 1.64. The standard InChI is InChI=1S/C22H21N3O3/c1-25(15-16-5-3-2-4-6-16)22(26)17-11-19(14-23-13-17)24-18-7-8-20-21(12-18)28-10-9-27-20/h2-8,11-14,24H,9-10,15H2,1H3. The van der Waals surface area contributed by atoms with Gasteiger partial charge < -0.3 is 19.7 Å². The Labute approximate surface area is 163 Å². The molecule has 0 atom stereocenters. The van der Waals surface area contributed by atoms with Crippen LogP contribution in [0.4, 0.5) is 11.4 Å². The van der Waals surface area contributed by atoms with E-state index in [2.05, 4.69) is 10.3 Å². The summed E-state index contributed by atoms with van der Waals surface area (Å²) in [7, 11) is 1.79. The first-order valence-corrected chi connectivity index (χ1v) is 9.10. The van der Waals surface area contributed by atoms with Crippen LogP contribution in [0.1, 0.15) is 15.9 Å². The number of fused-ring (bicyclic) bond motifs is 1. The van der Waals surface area contributed by atoms with Crippen LogP contribution >= 0.6 is 0 Å². The second kappa shape index (κ2) is 8.00. The molecule has 0 saturated carbocycles. The molecule has 0 saturated heterocycles. The number of carbonyl (C=O) groups excluding carboxylic acids is 1. The minimum atomic E-state index is -0.0813. The lowest BCUT2D eigenvalue weighted by Gasteiger charge is -2.19. The summed E-state index contributed by atoms with van der Waals surface area (Å²) in [5.74, 6) is 1.36. The van der Waals surface area contributed by atoms with Crippen LogP contribution in [0.25, 0.3) is 0 Å². The number of nitrogens with one attached hydrogen (secondary N) is 1. The number of nitrogens with zero attached hydrogens (tertiary/aromatic N) is 2. The van der Waals surface area contributed by atoms with Crippen LogP contribution in [0, 0.1) is 0 Å². The molecule has 2 heterocycles. The predicted octanol–water partition coefficient (Wildman–Crippen LogP) is 3.87.